The number of carbonyl (C=O) groups excluding carboxylic acids is 1. The van der Waals surface area contributed by atoms with Crippen molar-refractivity contribution in [2.45, 2.75) is 19.1 Å². The van der Waals surface area contributed by atoms with Crippen molar-refractivity contribution < 1.29 is 18.0 Å². The number of imidazole rings is 1. The molecule has 2 rings (SSSR count). The molecule has 11 heteroatoms. The monoisotopic (exact) mass is 333 g/mol. The Morgan fingerprint density at radius 3 is 2.52 bits per heavy atom. The lowest BCUT2D eigenvalue weighted by Crippen LogP contribution is -2.37. The summed E-state index contributed by atoms with van der Waals surface area (Å²) in [6, 6.07) is 0. The van der Waals surface area contributed by atoms with Gasteiger partial charge in [0.05, 0.1) is 6.33 Å². The van der Waals surface area contributed by atoms with E-state index >= 15 is 0 Å². The molecule has 0 aliphatic carbocycles. The summed E-state index contributed by atoms with van der Waals surface area (Å²) >= 11 is 0. The number of carbonyl (C=O) groups is 1. The van der Waals surface area contributed by atoms with Crippen LogP contribution < -0.4 is 16.6 Å². The zero-order chi connectivity index (χ0) is 17.4. The minimum absolute atomic E-state index is 0.0341. The Morgan fingerprint density at radius 1 is 1.26 bits per heavy atom. The summed E-state index contributed by atoms with van der Waals surface area (Å²) in [5.74, 6) is -0.800. The maximum absolute atomic E-state index is 12.1. The van der Waals surface area contributed by atoms with Crippen LogP contribution in [-0.2, 0) is 25.4 Å². The number of amides is 1. The molecule has 0 fully saturated rings. The van der Waals surface area contributed by atoms with E-state index in [4.69, 9.17) is 0 Å². The van der Waals surface area contributed by atoms with Crippen LogP contribution in [0.3, 0.4) is 0 Å². The summed E-state index contributed by atoms with van der Waals surface area (Å²) in [6.45, 7) is -1.44. The SMILES string of the molecule is Cn1c(=O)c2c(ncn2CCC(=O)NCC(F)(F)F)n(C)c1=O. The van der Waals surface area contributed by atoms with Crippen LogP contribution >= 0.6 is 0 Å². The van der Waals surface area contributed by atoms with Gasteiger partial charge in [0.25, 0.3) is 5.56 Å². The lowest BCUT2D eigenvalue weighted by atomic mass is 10.3. The first-order valence-electron chi connectivity index (χ1n) is 6.56. The van der Waals surface area contributed by atoms with Crippen molar-refractivity contribution in [3.8, 4) is 0 Å². The van der Waals surface area contributed by atoms with Gasteiger partial charge in [0.1, 0.15) is 6.54 Å². The van der Waals surface area contributed by atoms with Crippen LogP contribution in [0, 0.1) is 0 Å². The zero-order valence-electron chi connectivity index (χ0n) is 12.3. The topological polar surface area (TPSA) is 90.9 Å². The van der Waals surface area contributed by atoms with Gasteiger partial charge in [-0.3, -0.25) is 18.7 Å². The van der Waals surface area contributed by atoms with E-state index < -0.39 is 29.9 Å². The second-order valence-electron chi connectivity index (χ2n) is 4.96. The van der Waals surface area contributed by atoms with Crippen molar-refractivity contribution in [3.63, 3.8) is 0 Å². The van der Waals surface area contributed by atoms with Gasteiger partial charge in [-0.1, -0.05) is 0 Å². The van der Waals surface area contributed by atoms with Crippen molar-refractivity contribution in [3.05, 3.63) is 27.2 Å². The predicted octanol–water partition coefficient (Wildman–Crippen LogP) is -0.498. The standard InChI is InChI=1S/C12H14F3N5O3/c1-18-9-8(10(22)19(2)11(18)23)20(6-17-9)4-3-7(21)16-5-12(13,14)15/h6H,3-5H2,1-2H3,(H,16,21). The van der Waals surface area contributed by atoms with Crippen LogP contribution in [0.1, 0.15) is 6.42 Å². The molecule has 23 heavy (non-hydrogen) atoms. The van der Waals surface area contributed by atoms with Gasteiger partial charge in [-0.25, -0.2) is 9.78 Å². The summed E-state index contributed by atoms with van der Waals surface area (Å²) in [4.78, 5) is 39.2. The van der Waals surface area contributed by atoms with Crippen molar-refractivity contribution in [2.75, 3.05) is 6.54 Å². The summed E-state index contributed by atoms with van der Waals surface area (Å²) in [6.07, 6.45) is -3.47. The summed E-state index contributed by atoms with van der Waals surface area (Å²) in [5, 5.41) is 1.74. The van der Waals surface area contributed by atoms with Crippen molar-refractivity contribution in [1.82, 2.24) is 24.0 Å². The molecule has 2 heterocycles. The van der Waals surface area contributed by atoms with Crippen molar-refractivity contribution >= 4 is 17.1 Å². The zero-order valence-corrected chi connectivity index (χ0v) is 12.3. The molecular formula is C12H14F3N5O3. The maximum atomic E-state index is 12.1. The van der Waals surface area contributed by atoms with Gasteiger partial charge >= 0.3 is 11.9 Å². The first-order valence-corrected chi connectivity index (χ1v) is 6.56. The number of alkyl halides is 3. The molecule has 0 aliphatic heterocycles. The fourth-order valence-electron chi connectivity index (χ4n) is 2.08. The first-order chi connectivity index (χ1) is 10.6. The number of halogens is 3. The number of hydrogen-bond donors (Lipinski definition) is 1. The van der Waals surface area contributed by atoms with E-state index in [0.29, 0.717) is 0 Å². The molecule has 0 atom stereocenters. The number of rotatable bonds is 4. The molecule has 0 aliphatic rings. The number of aryl methyl sites for hydroxylation is 2. The average Bonchev–Trinajstić information content (AvgIpc) is 2.90. The third-order valence-corrected chi connectivity index (χ3v) is 3.28. The van der Waals surface area contributed by atoms with E-state index in [9.17, 15) is 27.6 Å². The Labute approximate surface area is 127 Å². The third kappa shape index (κ3) is 3.43. The molecule has 0 aromatic carbocycles. The molecular weight excluding hydrogens is 319 g/mol. The molecule has 0 bridgehead atoms. The maximum Gasteiger partial charge on any atom is 0.405 e. The van der Waals surface area contributed by atoms with Crippen LogP contribution in [-0.4, -0.2) is 37.3 Å². The van der Waals surface area contributed by atoms with Gasteiger partial charge in [-0.15, -0.1) is 0 Å². The van der Waals surface area contributed by atoms with E-state index in [1.165, 1.54) is 29.6 Å². The van der Waals surface area contributed by atoms with Gasteiger partial charge in [0.2, 0.25) is 5.91 Å². The van der Waals surface area contributed by atoms with Crippen molar-refractivity contribution in [1.29, 1.82) is 0 Å². The molecule has 0 unspecified atom stereocenters. The summed E-state index contributed by atoms with van der Waals surface area (Å²) < 4.78 is 39.4. The molecule has 0 saturated heterocycles. The Bertz CT molecular complexity index is 862. The van der Waals surface area contributed by atoms with Crippen LogP contribution in [0.2, 0.25) is 0 Å². The highest BCUT2D eigenvalue weighted by molar-refractivity contribution is 5.76. The van der Waals surface area contributed by atoms with Crippen LogP contribution in [0.15, 0.2) is 15.9 Å². The minimum Gasteiger partial charge on any atom is -0.347 e. The van der Waals surface area contributed by atoms with Crippen LogP contribution in [0.4, 0.5) is 13.2 Å². The fraction of sp³-hybridized carbons (Fsp3) is 0.500. The van der Waals surface area contributed by atoms with E-state index in [0.717, 1.165) is 4.57 Å². The second kappa shape index (κ2) is 5.89. The van der Waals surface area contributed by atoms with Gasteiger partial charge in [-0.05, 0) is 0 Å². The van der Waals surface area contributed by atoms with E-state index in [-0.39, 0.29) is 24.1 Å². The highest BCUT2D eigenvalue weighted by Crippen LogP contribution is 2.12. The molecule has 1 N–H and O–H groups in total. The van der Waals surface area contributed by atoms with E-state index in [2.05, 4.69) is 4.98 Å². The smallest absolute Gasteiger partial charge is 0.347 e. The average molecular weight is 333 g/mol. The Kier molecular flexibility index (Phi) is 4.30. The van der Waals surface area contributed by atoms with E-state index in [1.807, 2.05) is 0 Å². The number of aromatic nitrogens is 4. The fourth-order valence-corrected chi connectivity index (χ4v) is 2.08. The Balaban J connectivity index is 2.21. The number of hydrogen-bond acceptors (Lipinski definition) is 4. The quantitative estimate of drug-likeness (QED) is 0.817. The van der Waals surface area contributed by atoms with Crippen molar-refractivity contribution in [2.24, 2.45) is 14.1 Å². The molecule has 2 aromatic heterocycles. The summed E-state index contributed by atoms with van der Waals surface area (Å²) in [7, 11) is 2.75. The van der Waals surface area contributed by atoms with Gasteiger partial charge in [0.15, 0.2) is 11.2 Å². The molecule has 0 spiro atoms. The van der Waals surface area contributed by atoms with Gasteiger partial charge < -0.3 is 9.88 Å². The Hall–Kier alpha value is -2.59. The first kappa shape index (κ1) is 16.8. The minimum atomic E-state index is -4.48. The number of nitrogens with one attached hydrogen (secondary N) is 1. The van der Waals surface area contributed by atoms with Crippen LogP contribution in [0.5, 0.6) is 0 Å². The molecule has 1 amide bonds. The van der Waals surface area contributed by atoms with Gasteiger partial charge in [0, 0.05) is 27.1 Å². The number of nitrogens with zero attached hydrogens (tertiary/aromatic N) is 4. The Morgan fingerprint density at radius 2 is 1.91 bits per heavy atom. The predicted molar refractivity (Wildman–Crippen MR) is 73.9 cm³/mol. The largest absolute Gasteiger partial charge is 0.405 e. The lowest BCUT2D eigenvalue weighted by Gasteiger charge is -2.09. The summed E-state index contributed by atoms with van der Waals surface area (Å²) in [5.41, 5.74) is -0.876. The highest BCUT2D eigenvalue weighted by atomic mass is 19.4. The molecule has 2 aromatic rings. The highest BCUT2D eigenvalue weighted by Gasteiger charge is 2.27. The third-order valence-electron chi connectivity index (χ3n) is 3.28. The van der Waals surface area contributed by atoms with E-state index in [1.54, 1.807) is 5.32 Å². The molecule has 0 radical (unpaired) electrons. The van der Waals surface area contributed by atoms with Gasteiger partial charge in [-0.2, -0.15) is 13.2 Å². The lowest BCUT2D eigenvalue weighted by molar-refractivity contribution is -0.138. The molecule has 0 saturated carbocycles. The molecule has 8 nitrogen and oxygen atoms in total. The van der Waals surface area contributed by atoms with Crippen LogP contribution in [0.25, 0.3) is 11.2 Å². The molecule has 126 valence electrons. The normalized spacial score (nSPS) is 11.9. The number of fused-ring (bicyclic) bond motifs is 1. The second-order valence-corrected chi connectivity index (χ2v) is 4.96.